The summed E-state index contributed by atoms with van der Waals surface area (Å²) in [6, 6.07) is 5.95. The third-order valence-corrected chi connectivity index (χ3v) is 4.48. The Kier molecular flexibility index (Phi) is 4.57. The molecule has 1 aromatic rings. The van der Waals surface area contributed by atoms with Gasteiger partial charge in [-0.1, -0.05) is 24.6 Å². The fraction of sp³-hybridized carbons (Fsp3) is 0.588. The van der Waals surface area contributed by atoms with E-state index in [0.29, 0.717) is 19.4 Å². The summed E-state index contributed by atoms with van der Waals surface area (Å²) in [6.07, 6.45) is 0.484. The molecule has 0 aliphatic heterocycles. The molecule has 0 spiro atoms. The SMILES string of the molecule is CCOC(=O)[C@H]1C[C@@H](O)C[C@]1(C)c1cc(C)ccc1OC. The molecule has 1 aromatic carbocycles. The van der Waals surface area contributed by atoms with Crippen LogP contribution >= 0.6 is 0 Å². The first-order valence-corrected chi connectivity index (χ1v) is 7.42. The van der Waals surface area contributed by atoms with E-state index in [0.717, 1.165) is 16.9 Å². The lowest BCUT2D eigenvalue weighted by Gasteiger charge is -2.32. The van der Waals surface area contributed by atoms with E-state index in [-0.39, 0.29) is 11.9 Å². The smallest absolute Gasteiger partial charge is 0.309 e. The summed E-state index contributed by atoms with van der Waals surface area (Å²) >= 11 is 0. The summed E-state index contributed by atoms with van der Waals surface area (Å²) in [5, 5.41) is 10.1. The Labute approximate surface area is 126 Å². The van der Waals surface area contributed by atoms with Gasteiger partial charge in [0.05, 0.1) is 25.7 Å². The van der Waals surface area contributed by atoms with Crippen LogP contribution in [0.2, 0.25) is 0 Å². The van der Waals surface area contributed by atoms with Gasteiger partial charge in [-0.15, -0.1) is 0 Å². The maximum atomic E-state index is 12.3. The molecule has 1 fully saturated rings. The number of aliphatic hydroxyl groups excluding tert-OH is 1. The lowest BCUT2D eigenvalue weighted by molar-refractivity contribution is -0.149. The highest BCUT2D eigenvalue weighted by atomic mass is 16.5. The van der Waals surface area contributed by atoms with E-state index >= 15 is 0 Å². The molecule has 0 amide bonds. The zero-order chi connectivity index (χ0) is 15.6. The van der Waals surface area contributed by atoms with Crippen LogP contribution in [0.3, 0.4) is 0 Å². The molecule has 0 saturated heterocycles. The quantitative estimate of drug-likeness (QED) is 0.867. The molecule has 1 saturated carbocycles. The average molecular weight is 292 g/mol. The molecular weight excluding hydrogens is 268 g/mol. The maximum absolute atomic E-state index is 12.3. The third-order valence-electron chi connectivity index (χ3n) is 4.48. The van der Waals surface area contributed by atoms with Gasteiger partial charge in [-0.3, -0.25) is 4.79 Å². The van der Waals surface area contributed by atoms with Crippen molar-refractivity contribution in [2.24, 2.45) is 5.92 Å². The van der Waals surface area contributed by atoms with Crippen molar-refractivity contribution in [2.45, 2.75) is 45.1 Å². The molecule has 0 aromatic heterocycles. The number of benzene rings is 1. The Hall–Kier alpha value is -1.55. The molecule has 1 N–H and O–H groups in total. The van der Waals surface area contributed by atoms with Crippen molar-refractivity contribution in [2.75, 3.05) is 13.7 Å². The number of ether oxygens (including phenoxy) is 2. The maximum Gasteiger partial charge on any atom is 0.309 e. The standard InChI is InChI=1S/C17H24O4/c1-5-21-16(19)14-9-12(18)10-17(14,3)13-8-11(2)6-7-15(13)20-4/h6-8,12,14,18H,5,9-10H2,1-4H3/t12-,14-,17-/m1/s1. The number of carbonyl (C=O) groups excluding carboxylic acids is 1. The second kappa shape index (κ2) is 6.06. The van der Waals surface area contributed by atoms with Gasteiger partial charge < -0.3 is 14.6 Å². The first-order chi connectivity index (χ1) is 9.92. The van der Waals surface area contributed by atoms with Crippen molar-refractivity contribution in [3.63, 3.8) is 0 Å². The van der Waals surface area contributed by atoms with Crippen LogP contribution in [0, 0.1) is 12.8 Å². The van der Waals surface area contributed by atoms with Crippen molar-refractivity contribution < 1.29 is 19.4 Å². The van der Waals surface area contributed by atoms with Gasteiger partial charge in [0.15, 0.2) is 0 Å². The van der Waals surface area contributed by atoms with Crippen LogP contribution in [0.4, 0.5) is 0 Å². The van der Waals surface area contributed by atoms with Crippen LogP contribution in [0.1, 0.15) is 37.8 Å². The molecule has 0 bridgehead atoms. The van der Waals surface area contributed by atoms with Crippen molar-refractivity contribution in [3.8, 4) is 5.75 Å². The number of methoxy groups -OCH3 is 1. The first-order valence-electron chi connectivity index (χ1n) is 7.42. The molecule has 4 heteroatoms. The van der Waals surface area contributed by atoms with E-state index in [4.69, 9.17) is 9.47 Å². The van der Waals surface area contributed by atoms with Gasteiger partial charge in [0.25, 0.3) is 0 Å². The van der Waals surface area contributed by atoms with Crippen LogP contribution in [-0.4, -0.2) is 30.9 Å². The van der Waals surface area contributed by atoms with E-state index in [1.54, 1.807) is 14.0 Å². The van der Waals surface area contributed by atoms with Crippen LogP contribution in [0.15, 0.2) is 18.2 Å². The third kappa shape index (κ3) is 2.91. The van der Waals surface area contributed by atoms with Crippen molar-refractivity contribution in [1.29, 1.82) is 0 Å². The highest BCUT2D eigenvalue weighted by Gasteiger charge is 2.50. The van der Waals surface area contributed by atoms with Gasteiger partial charge in [-0.2, -0.15) is 0 Å². The minimum Gasteiger partial charge on any atom is -0.496 e. The van der Waals surface area contributed by atoms with Gasteiger partial charge in [0, 0.05) is 11.0 Å². The predicted octanol–water partition coefficient (Wildman–Crippen LogP) is 2.60. The zero-order valence-corrected chi connectivity index (χ0v) is 13.2. The van der Waals surface area contributed by atoms with Gasteiger partial charge in [0.1, 0.15) is 5.75 Å². The number of carbonyl (C=O) groups is 1. The normalized spacial score (nSPS) is 28.4. The first kappa shape index (κ1) is 15.8. The van der Waals surface area contributed by atoms with E-state index in [1.165, 1.54) is 0 Å². The minimum absolute atomic E-state index is 0.236. The Morgan fingerprint density at radius 1 is 1.48 bits per heavy atom. The minimum atomic E-state index is -0.491. The Morgan fingerprint density at radius 2 is 2.19 bits per heavy atom. The Balaban J connectivity index is 2.47. The molecule has 0 radical (unpaired) electrons. The van der Waals surface area contributed by atoms with Gasteiger partial charge in [-0.05, 0) is 32.8 Å². The van der Waals surface area contributed by atoms with E-state index in [2.05, 4.69) is 0 Å². The van der Waals surface area contributed by atoms with Crippen LogP contribution in [-0.2, 0) is 14.9 Å². The number of esters is 1. The van der Waals surface area contributed by atoms with Crippen LogP contribution < -0.4 is 4.74 Å². The second-order valence-electron chi connectivity index (χ2n) is 6.02. The summed E-state index contributed by atoms with van der Waals surface area (Å²) in [6.45, 7) is 6.18. The summed E-state index contributed by atoms with van der Waals surface area (Å²) in [5.41, 5.74) is 1.61. The Morgan fingerprint density at radius 3 is 2.81 bits per heavy atom. The molecule has 3 atom stereocenters. The molecule has 0 unspecified atom stereocenters. The van der Waals surface area contributed by atoms with E-state index < -0.39 is 11.5 Å². The average Bonchev–Trinajstić information content (AvgIpc) is 2.75. The predicted molar refractivity (Wildman–Crippen MR) is 80.4 cm³/mol. The van der Waals surface area contributed by atoms with Crippen LogP contribution in [0.25, 0.3) is 0 Å². The monoisotopic (exact) mass is 292 g/mol. The second-order valence-corrected chi connectivity index (χ2v) is 6.02. The van der Waals surface area contributed by atoms with Gasteiger partial charge >= 0.3 is 5.97 Å². The largest absolute Gasteiger partial charge is 0.496 e. The van der Waals surface area contributed by atoms with E-state index in [9.17, 15) is 9.90 Å². The van der Waals surface area contributed by atoms with Gasteiger partial charge in [-0.25, -0.2) is 0 Å². The molecule has 1 aliphatic rings. The number of hydrogen-bond acceptors (Lipinski definition) is 4. The van der Waals surface area contributed by atoms with Crippen molar-refractivity contribution >= 4 is 5.97 Å². The summed E-state index contributed by atoms with van der Waals surface area (Å²) < 4.78 is 10.7. The van der Waals surface area contributed by atoms with Crippen molar-refractivity contribution in [1.82, 2.24) is 0 Å². The fourth-order valence-corrected chi connectivity index (χ4v) is 3.41. The molecule has 21 heavy (non-hydrogen) atoms. The lowest BCUT2D eigenvalue weighted by Crippen LogP contribution is -2.34. The van der Waals surface area contributed by atoms with Gasteiger partial charge in [0.2, 0.25) is 0 Å². The summed E-state index contributed by atoms with van der Waals surface area (Å²) in [7, 11) is 1.63. The zero-order valence-electron chi connectivity index (χ0n) is 13.2. The Bertz CT molecular complexity index is 526. The van der Waals surface area contributed by atoms with Crippen molar-refractivity contribution in [3.05, 3.63) is 29.3 Å². The molecular formula is C17H24O4. The lowest BCUT2D eigenvalue weighted by atomic mass is 9.73. The van der Waals surface area contributed by atoms with E-state index in [1.807, 2.05) is 32.0 Å². The number of rotatable bonds is 4. The highest BCUT2D eigenvalue weighted by Crippen LogP contribution is 2.49. The van der Waals surface area contributed by atoms with Crippen LogP contribution in [0.5, 0.6) is 5.75 Å². The topological polar surface area (TPSA) is 55.8 Å². The summed E-state index contributed by atoms with van der Waals surface area (Å²) in [4.78, 5) is 12.3. The molecule has 0 heterocycles. The fourth-order valence-electron chi connectivity index (χ4n) is 3.41. The number of aryl methyl sites for hydroxylation is 1. The highest BCUT2D eigenvalue weighted by molar-refractivity contribution is 5.76. The summed E-state index contributed by atoms with van der Waals surface area (Å²) in [5.74, 6) is 0.176. The number of aliphatic hydroxyl groups is 1. The molecule has 116 valence electrons. The molecule has 2 rings (SSSR count). The molecule has 1 aliphatic carbocycles. The number of hydrogen-bond donors (Lipinski definition) is 1. The molecule has 4 nitrogen and oxygen atoms in total.